The number of ether oxygens (including phenoxy) is 1. The Morgan fingerprint density at radius 1 is 1.21 bits per heavy atom. The van der Waals surface area contributed by atoms with Crippen molar-refractivity contribution in [2.45, 2.75) is 19.4 Å². The fourth-order valence-corrected chi connectivity index (χ4v) is 3.12. The van der Waals surface area contributed by atoms with E-state index in [1.807, 2.05) is 31.2 Å². The van der Waals surface area contributed by atoms with Gasteiger partial charge >= 0.3 is 6.09 Å². The smallest absolute Gasteiger partial charge is 0.418 e. The van der Waals surface area contributed by atoms with E-state index in [1.54, 1.807) is 24.4 Å². The molecule has 0 spiro atoms. The first-order valence-corrected chi connectivity index (χ1v) is 8.89. The maximum atomic E-state index is 13.2. The Hall–Kier alpha value is -3.41. The summed E-state index contributed by atoms with van der Waals surface area (Å²) in [6, 6.07) is 13.4. The zero-order valence-corrected chi connectivity index (χ0v) is 15.7. The summed E-state index contributed by atoms with van der Waals surface area (Å²) in [4.78, 5) is 24.1. The summed E-state index contributed by atoms with van der Waals surface area (Å²) in [6.45, 7) is 1.89. The minimum atomic E-state index is -0.461. The molecule has 1 aromatic heterocycles. The van der Waals surface area contributed by atoms with Gasteiger partial charge in [-0.05, 0) is 48.7 Å². The quantitative estimate of drug-likeness (QED) is 0.677. The van der Waals surface area contributed by atoms with Gasteiger partial charge in [0.1, 0.15) is 5.82 Å². The van der Waals surface area contributed by atoms with Gasteiger partial charge in [0, 0.05) is 23.7 Å². The summed E-state index contributed by atoms with van der Waals surface area (Å²) in [5.74, 6) is -0.619. The standard InChI is InChI=1S/C22H21FN2O3/c1-15(24-21(26)11-10-16-6-5-7-18(23)13-16)12-17-14-25(22(27)28-2)20-9-4-3-8-19(17)20/h3-11,13-15H,12H2,1-2H3,(H,24,26)/t15-/m1/s1. The lowest BCUT2D eigenvalue weighted by Gasteiger charge is -2.12. The maximum absolute atomic E-state index is 13.2. The lowest BCUT2D eigenvalue weighted by Crippen LogP contribution is -2.32. The average molecular weight is 380 g/mol. The molecule has 0 saturated heterocycles. The van der Waals surface area contributed by atoms with Crippen LogP contribution in [-0.2, 0) is 16.0 Å². The van der Waals surface area contributed by atoms with Gasteiger partial charge in [-0.2, -0.15) is 0 Å². The molecule has 144 valence electrons. The fourth-order valence-electron chi connectivity index (χ4n) is 3.12. The van der Waals surface area contributed by atoms with E-state index >= 15 is 0 Å². The van der Waals surface area contributed by atoms with Crippen LogP contribution in [0.1, 0.15) is 18.1 Å². The van der Waals surface area contributed by atoms with Crippen molar-refractivity contribution >= 4 is 29.0 Å². The number of carbonyl (C=O) groups is 2. The third kappa shape index (κ3) is 4.46. The van der Waals surface area contributed by atoms with Crippen molar-refractivity contribution in [3.63, 3.8) is 0 Å². The summed E-state index contributed by atoms with van der Waals surface area (Å²) in [7, 11) is 1.34. The third-order valence-electron chi connectivity index (χ3n) is 4.36. The normalized spacial score (nSPS) is 12.2. The van der Waals surface area contributed by atoms with Crippen LogP contribution in [0, 0.1) is 5.82 Å². The molecule has 1 atom stereocenters. The molecule has 3 aromatic rings. The van der Waals surface area contributed by atoms with Crippen LogP contribution in [0.3, 0.4) is 0 Å². The van der Waals surface area contributed by atoms with Crippen molar-refractivity contribution in [3.05, 3.63) is 77.7 Å². The zero-order valence-electron chi connectivity index (χ0n) is 15.7. The maximum Gasteiger partial charge on any atom is 0.418 e. The largest absolute Gasteiger partial charge is 0.452 e. The van der Waals surface area contributed by atoms with Crippen LogP contribution in [0.15, 0.2) is 60.8 Å². The van der Waals surface area contributed by atoms with E-state index in [2.05, 4.69) is 5.32 Å². The summed E-state index contributed by atoms with van der Waals surface area (Å²) in [6.07, 6.45) is 4.76. The minimum absolute atomic E-state index is 0.165. The predicted octanol–water partition coefficient (Wildman–Crippen LogP) is 4.16. The number of para-hydroxylation sites is 1. The number of fused-ring (bicyclic) bond motifs is 1. The summed E-state index contributed by atoms with van der Waals surface area (Å²) in [5.41, 5.74) is 2.31. The van der Waals surface area contributed by atoms with E-state index in [4.69, 9.17) is 4.74 Å². The number of benzene rings is 2. The van der Waals surface area contributed by atoms with Gasteiger partial charge in [-0.1, -0.05) is 30.3 Å². The molecule has 5 nitrogen and oxygen atoms in total. The Labute approximate surface area is 162 Å². The highest BCUT2D eigenvalue weighted by molar-refractivity contribution is 5.93. The van der Waals surface area contributed by atoms with Gasteiger partial charge in [-0.25, -0.2) is 9.18 Å². The second-order valence-electron chi connectivity index (χ2n) is 6.51. The van der Waals surface area contributed by atoms with Crippen molar-refractivity contribution < 1.29 is 18.7 Å². The molecular weight excluding hydrogens is 359 g/mol. The second kappa shape index (κ2) is 8.52. The van der Waals surface area contributed by atoms with E-state index < -0.39 is 6.09 Å². The van der Waals surface area contributed by atoms with Crippen molar-refractivity contribution in [3.8, 4) is 0 Å². The first-order valence-electron chi connectivity index (χ1n) is 8.89. The summed E-state index contributed by atoms with van der Waals surface area (Å²) >= 11 is 0. The number of nitrogens with one attached hydrogen (secondary N) is 1. The lowest BCUT2D eigenvalue weighted by molar-refractivity contribution is -0.117. The monoisotopic (exact) mass is 380 g/mol. The number of rotatable bonds is 5. The average Bonchev–Trinajstić information content (AvgIpc) is 3.04. The van der Waals surface area contributed by atoms with Crippen LogP contribution in [0.2, 0.25) is 0 Å². The molecule has 1 amide bonds. The molecule has 1 N–H and O–H groups in total. The van der Waals surface area contributed by atoms with E-state index in [-0.39, 0.29) is 17.8 Å². The van der Waals surface area contributed by atoms with Crippen molar-refractivity contribution in [2.75, 3.05) is 7.11 Å². The predicted molar refractivity (Wildman–Crippen MR) is 106 cm³/mol. The van der Waals surface area contributed by atoms with Crippen LogP contribution in [-0.4, -0.2) is 29.7 Å². The molecule has 0 unspecified atom stereocenters. The van der Waals surface area contributed by atoms with E-state index in [9.17, 15) is 14.0 Å². The molecule has 0 aliphatic carbocycles. The molecule has 28 heavy (non-hydrogen) atoms. The number of nitrogens with zero attached hydrogens (tertiary/aromatic N) is 1. The number of carbonyl (C=O) groups excluding carboxylic acids is 2. The number of methoxy groups -OCH3 is 1. The van der Waals surface area contributed by atoms with Crippen molar-refractivity contribution in [1.82, 2.24) is 9.88 Å². The number of halogens is 1. The van der Waals surface area contributed by atoms with Gasteiger partial charge in [0.25, 0.3) is 0 Å². The molecular formula is C22H21FN2O3. The van der Waals surface area contributed by atoms with Gasteiger partial charge in [0.05, 0.1) is 12.6 Å². The number of amides is 1. The number of aromatic nitrogens is 1. The highest BCUT2D eigenvalue weighted by atomic mass is 19.1. The highest BCUT2D eigenvalue weighted by Gasteiger charge is 2.16. The molecule has 0 aliphatic rings. The van der Waals surface area contributed by atoms with Crippen LogP contribution < -0.4 is 5.32 Å². The Morgan fingerprint density at radius 3 is 2.75 bits per heavy atom. The van der Waals surface area contributed by atoms with Crippen LogP contribution in [0.4, 0.5) is 9.18 Å². The van der Waals surface area contributed by atoms with Gasteiger partial charge in [0.15, 0.2) is 0 Å². The number of hydrogen-bond acceptors (Lipinski definition) is 3. The lowest BCUT2D eigenvalue weighted by atomic mass is 10.1. The highest BCUT2D eigenvalue weighted by Crippen LogP contribution is 2.22. The zero-order chi connectivity index (χ0) is 20.1. The van der Waals surface area contributed by atoms with Crippen molar-refractivity contribution in [1.29, 1.82) is 0 Å². The number of hydrogen-bond donors (Lipinski definition) is 1. The van der Waals surface area contributed by atoms with E-state index in [0.717, 1.165) is 16.5 Å². The third-order valence-corrected chi connectivity index (χ3v) is 4.36. The summed E-state index contributed by atoms with van der Waals surface area (Å²) in [5, 5.41) is 3.82. The van der Waals surface area contributed by atoms with Crippen molar-refractivity contribution in [2.24, 2.45) is 0 Å². The minimum Gasteiger partial charge on any atom is -0.452 e. The second-order valence-corrected chi connectivity index (χ2v) is 6.51. The molecule has 6 heteroatoms. The van der Waals surface area contributed by atoms with Gasteiger partial charge in [-0.15, -0.1) is 0 Å². The Balaban J connectivity index is 1.70. The molecule has 2 aromatic carbocycles. The van der Waals surface area contributed by atoms with Gasteiger partial charge < -0.3 is 10.1 Å². The molecule has 0 bridgehead atoms. The Morgan fingerprint density at radius 2 is 2.00 bits per heavy atom. The SMILES string of the molecule is COC(=O)n1cc(C[C@@H](C)NC(=O)C=Cc2cccc(F)c2)c2ccccc21. The molecule has 3 rings (SSSR count). The molecule has 1 heterocycles. The molecule has 0 saturated carbocycles. The summed E-state index contributed by atoms with van der Waals surface area (Å²) < 4.78 is 19.5. The molecule has 0 aliphatic heterocycles. The first-order chi connectivity index (χ1) is 13.5. The van der Waals surface area contributed by atoms with Gasteiger partial charge in [0.2, 0.25) is 5.91 Å². The first kappa shape index (κ1) is 19.4. The molecule has 0 radical (unpaired) electrons. The van der Waals surface area contributed by atoms with Crippen LogP contribution in [0.25, 0.3) is 17.0 Å². The molecule has 0 fully saturated rings. The fraction of sp³-hybridized carbons (Fsp3) is 0.182. The Bertz CT molecular complexity index is 1040. The van der Waals surface area contributed by atoms with E-state index in [0.29, 0.717) is 12.0 Å². The topological polar surface area (TPSA) is 60.3 Å². The van der Waals surface area contributed by atoms with Crippen LogP contribution >= 0.6 is 0 Å². The van der Waals surface area contributed by atoms with Gasteiger partial charge in [-0.3, -0.25) is 9.36 Å². The van der Waals surface area contributed by atoms with E-state index in [1.165, 1.54) is 29.9 Å². The van der Waals surface area contributed by atoms with Crippen LogP contribution in [0.5, 0.6) is 0 Å². The Kier molecular flexibility index (Phi) is 5.89.